The molecule has 0 fully saturated rings. The van der Waals surface area contributed by atoms with E-state index in [1.165, 1.54) is 12.1 Å². The highest BCUT2D eigenvalue weighted by Gasteiger charge is 2.26. The number of rotatable bonds is 13. The number of aliphatic hydroxyl groups is 1. The fraction of sp³-hybridized carbons (Fsp3) is 0.345. The van der Waals surface area contributed by atoms with E-state index in [0.717, 1.165) is 29.2 Å². The Balaban J connectivity index is 1.78. The van der Waals surface area contributed by atoms with E-state index >= 15 is 0 Å². The first-order valence-corrected chi connectivity index (χ1v) is 13.0. The number of benzene rings is 3. The fourth-order valence-electron chi connectivity index (χ4n) is 3.80. The second kappa shape index (κ2) is 13.9. The highest BCUT2D eigenvalue weighted by atomic mass is 32.2. The Labute approximate surface area is 218 Å². The van der Waals surface area contributed by atoms with E-state index in [1.807, 2.05) is 54.6 Å². The number of hydrogen-bond donors (Lipinski definition) is 3. The van der Waals surface area contributed by atoms with Crippen LogP contribution in [0.5, 0.6) is 11.5 Å². The number of ether oxygens (including phenoxy) is 1. The Morgan fingerprint density at radius 2 is 1.75 bits per heavy atom. The Morgan fingerprint density at radius 1 is 1.03 bits per heavy atom. The Bertz CT molecular complexity index is 1080. The minimum atomic E-state index is -0.818. The highest BCUT2D eigenvalue weighted by Crippen LogP contribution is 2.27. The molecule has 3 N–H and O–H groups in total. The lowest BCUT2D eigenvalue weighted by molar-refractivity contribution is 0.0782. The second-order valence-electron chi connectivity index (χ2n) is 9.01. The number of phenols is 1. The van der Waals surface area contributed by atoms with Crippen molar-refractivity contribution in [3.05, 3.63) is 90.0 Å². The van der Waals surface area contributed by atoms with Gasteiger partial charge in [-0.15, -0.1) is 0 Å². The van der Waals surface area contributed by atoms with Crippen molar-refractivity contribution in [2.75, 3.05) is 20.2 Å². The minimum Gasteiger partial charge on any atom is -0.508 e. The van der Waals surface area contributed by atoms with Crippen LogP contribution in [-0.4, -0.2) is 52.8 Å². The molecule has 3 rings (SSSR count). The van der Waals surface area contributed by atoms with Crippen LogP contribution in [0.3, 0.4) is 0 Å². The van der Waals surface area contributed by atoms with Gasteiger partial charge in [-0.3, -0.25) is 4.79 Å². The summed E-state index contributed by atoms with van der Waals surface area (Å²) in [6.45, 7) is 5.52. The second-order valence-corrected chi connectivity index (χ2v) is 10.2. The zero-order chi connectivity index (χ0) is 25.9. The summed E-state index contributed by atoms with van der Waals surface area (Å²) in [5, 5.41) is 24.2. The molecule has 36 heavy (non-hydrogen) atoms. The zero-order valence-electron chi connectivity index (χ0n) is 21.1. The SMILES string of the molecule is CCC(C)CN(CC(O)C(Cc1ccccc1)NC(=O)c1cccc(O)c1)Sc1ccc(OC)cc1. The molecule has 3 aromatic rings. The Kier molecular flexibility index (Phi) is 10.7. The van der Waals surface area contributed by atoms with Crippen molar-refractivity contribution in [3.63, 3.8) is 0 Å². The molecule has 192 valence electrons. The molecule has 3 aromatic carbocycles. The molecular weight excluding hydrogens is 472 g/mol. The van der Waals surface area contributed by atoms with Gasteiger partial charge in [-0.1, -0.05) is 56.7 Å². The summed E-state index contributed by atoms with van der Waals surface area (Å²) in [5.74, 6) is 0.934. The molecule has 6 nitrogen and oxygen atoms in total. The predicted molar refractivity (Wildman–Crippen MR) is 145 cm³/mol. The molecule has 0 aliphatic carbocycles. The third-order valence-electron chi connectivity index (χ3n) is 6.08. The van der Waals surface area contributed by atoms with Gasteiger partial charge in [0.05, 0.1) is 19.3 Å². The van der Waals surface area contributed by atoms with Crippen LogP contribution in [0.1, 0.15) is 36.2 Å². The monoisotopic (exact) mass is 508 g/mol. The first-order chi connectivity index (χ1) is 17.4. The average Bonchev–Trinajstić information content (AvgIpc) is 2.89. The maximum atomic E-state index is 13.0. The Hall–Kier alpha value is -3.00. The third kappa shape index (κ3) is 8.59. The molecule has 0 saturated carbocycles. The van der Waals surface area contributed by atoms with Crippen molar-refractivity contribution in [2.24, 2.45) is 5.92 Å². The molecular formula is C29H36N2O4S. The molecule has 3 unspecified atom stereocenters. The van der Waals surface area contributed by atoms with Crippen molar-refractivity contribution in [1.82, 2.24) is 9.62 Å². The van der Waals surface area contributed by atoms with Crippen LogP contribution in [0, 0.1) is 5.92 Å². The van der Waals surface area contributed by atoms with Crippen molar-refractivity contribution in [1.29, 1.82) is 0 Å². The predicted octanol–water partition coefficient (Wildman–Crippen LogP) is 5.16. The van der Waals surface area contributed by atoms with Gasteiger partial charge in [0.15, 0.2) is 0 Å². The maximum Gasteiger partial charge on any atom is 0.251 e. The Morgan fingerprint density at radius 3 is 2.39 bits per heavy atom. The number of aliphatic hydroxyl groups excluding tert-OH is 1. The van der Waals surface area contributed by atoms with E-state index in [0.29, 0.717) is 24.4 Å². The molecule has 0 aromatic heterocycles. The number of carbonyl (C=O) groups is 1. The summed E-state index contributed by atoms with van der Waals surface area (Å²) < 4.78 is 7.44. The normalized spacial score (nSPS) is 13.7. The number of hydrogen-bond acceptors (Lipinski definition) is 6. The largest absolute Gasteiger partial charge is 0.508 e. The molecule has 0 heterocycles. The molecule has 0 bridgehead atoms. The molecule has 1 amide bonds. The standard InChI is InChI=1S/C29H36N2O4S/c1-4-21(2)19-31(36-26-15-13-25(35-3)14-16-26)20-28(33)27(17-22-9-6-5-7-10-22)30-29(34)23-11-8-12-24(32)18-23/h5-16,18,21,27-28,32-33H,4,17,19-20H2,1-3H3,(H,30,34). The number of carbonyl (C=O) groups excluding carboxylic acids is 1. The minimum absolute atomic E-state index is 0.0263. The van der Waals surface area contributed by atoms with E-state index in [2.05, 4.69) is 23.5 Å². The van der Waals surface area contributed by atoms with Crippen LogP contribution in [0.2, 0.25) is 0 Å². The summed E-state index contributed by atoms with van der Waals surface area (Å²) in [7, 11) is 1.64. The van der Waals surface area contributed by atoms with Crippen LogP contribution in [0.15, 0.2) is 83.8 Å². The van der Waals surface area contributed by atoms with Crippen LogP contribution in [0.25, 0.3) is 0 Å². The zero-order valence-corrected chi connectivity index (χ0v) is 21.9. The topological polar surface area (TPSA) is 82.0 Å². The summed E-state index contributed by atoms with van der Waals surface area (Å²) in [5.41, 5.74) is 1.37. The van der Waals surface area contributed by atoms with Gasteiger partial charge in [0.25, 0.3) is 5.91 Å². The summed E-state index contributed by atoms with van der Waals surface area (Å²) in [4.78, 5) is 14.0. The number of nitrogens with zero attached hydrogens (tertiary/aromatic N) is 1. The average molecular weight is 509 g/mol. The van der Waals surface area contributed by atoms with Gasteiger partial charge in [0.1, 0.15) is 11.5 Å². The molecule has 0 spiro atoms. The lowest BCUT2D eigenvalue weighted by atomic mass is 10.00. The summed E-state index contributed by atoms with van der Waals surface area (Å²) in [6, 6.07) is 23.4. The third-order valence-corrected chi connectivity index (χ3v) is 7.12. The molecule has 0 aliphatic heterocycles. The van der Waals surface area contributed by atoms with Crippen LogP contribution < -0.4 is 10.1 Å². The van der Waals surface area contributed by atoms with Gasteiger partial charge in [0.2, 0.25) is 0 Å². The maximum absolute atomic E-state index is 13.0. The van der Waals surface area contributed by atoms with Crippen molar-refractivity contribution in [3.8, 4) is 11.5 Å². The summed E-state index contributed by atoms with van der Waals surface area (Å²) >= 11 is 1.59. The molecule has 0 radical (unpaired) electrons. The quantitative estimate of drug-likeness (QED) is 0.277. The van der Waals surface area contributed by atoms with E-state index in [-0.39, 0.29) is 11.7 Å². The number of phenolic OH excluding ortho intramolecular Hbond substituents is 1. The number of amides is 1. The molecule has 7 heteroatoms. The highest BCUT2D eigenvalue weighted by molar-refractivity contribution is 7.97. The number of aromatic hydroxyl groups is 1. The lowest BCUT2D eigenvalue weighted by Crippen LogP contribution is -2.49. The summed E-state index contributed by atoms with van der Waals surface area (Å²) in [6.07, 6.45) is 0.690. The number of methoxy groups -OCH3 is 1. The molecule has 3 atom stereocenters. The lowest BCUT2D eigenvalue weighted by Gasteiger charge is -2.31. The van der Waals surface area contributed by atoms with Crippen molar-refractivity contribution in [2.45, 2.75) is 43.7 Å². The van der Waals surface area contributed by atoms with Crippen LogP contribution in [0.4, 0.5) is 0 Å². The molecule has 0 aliphatic rings. The van der Waals surface area contributed by atoms with Gasteiger partial charge in [-0.2, -0.15) is 0 Å². The first-order valence-electron chi connectivity index (χ1n) is 12.3. The van der Waals surface area contributed by atoms with Crippen molar-refractivity contribution < 1.29 is 19.7 Å². The van der Waals surface area contributed by atoms with Crippen molar-refractivity contribution >= 4 is 17.9 Å². The van der Waals surface area contributed by atoms with Gasteiger partial charge in [-0.05, 0) is 72.3 Å². The van der Waals surface area contributed by atoms with Gasteiger partial charge in [-0.25, -0.2) is 4.31 Å². The van der Waals surface area contributed by atoms with E-state index in [9.17, 15) is 15.0 Å². The van der Waals surface area contributed by atoms with E-state index in [1.54, 1.807) is 31.2 Å². The molecule has 0 saturated heterocycles. The first kappa shape index (κ1) is 27.6. The van der Waals surface area contributed by atoms with Crippen LogP contribution in [-0.2, 0) is 6.42 Å². The van der Waals surface area contributed by atoms with E-state index in [4.69, 9.17) is 4.74 Å². The smallest absolute Gasteiger partial charge is 0.251 e. The van der Waals surface area contributed by atoms with Gasteiger partial charge in [0, 0.05) is 23.5 Å². The van der Waals surface area contributed by atoms with Crippen LogP contribution >= 0.6 is 11.9 Å². The van der Waals surface area contributed by atoms with Gasteiger partial charge >= 0.3 is 0 Å². The fourth-order valence-corrected chi connectivity index (χ4v) is 4.91. The number of nitrogens with one attached hydrogen (secondary N) is 1. The van der Waals surface area contributed by atoms with Gasteiger partial charge < -0.3 is 20.3 Å². The van der Waals surface area contributed by atoms with E-state index < -0.39 is 12.1 Å².